The largest absolute Gasteiger partial charge is 0.493 e. The fourth-order valence-corrected chi connectivity index (χ4v) is 2.98. The highest BCUT2D eigenvalue weighted by molar-refractivity contribution is 6.27. The molecule has 0 atom stereocenters. The number of piperazine rings is 1. The van der Waals surface area contributed by atoms with Gasteiger partial charge in [-0.15, -0.1) is 0 Å². The van der Waals surface area contributed by atoms with Crippen LogP contribution in [0.4, 0.5) is 0 Å². The number of carbonyl (C=O) groups is 4. The van der Waals surface area contributed by atoms with E-state index in [1.54, 1.807) is 49.5 Å². The number of furan rings is 1. The molecule has 11 heteroatoms. The van der Waals surface area contributed by atoms with Crippen molar-refractivity contribution in [3.05, 3.63) is 47.9 Å². The lowest BCUT2D eigenvalue weighted by Crippen LogP contribution is -2.49. The first kappa shape index (κ1) is 24.4. The van der Waals surface area contributed by atoms with Crippen molar-refractivity contribution in [2.24, 2.45) is 0 Å². The number of hydrogen-bond donors (Lipinski definition) is 2. The lowest BCUT2D eigenvalue weighted by molar-refractivity contribution is -0.159. The van der Waals surface area contributed by atoms with Crippen molar-refractivity contribution >= 4 is 23.6 Å². The number of carbonyl (C=O) groups excluding carboxylic acids is 2. The number of ketones is 1. The highest BCUT2D eigenvalue weighted by Crippen LogP contribution is 2.28. The highest BCUT2D eigenvalue weighted by atomic mass is 16.5. The van der Waals surface area contributed by atoms with E-state index in [4.69, 9.17) is 33.7 Å². The van der Waals surface area contributed by atoms with E-state index in [2.05, 4.69) is 0 Å². The highest BCUT2D eigenvalue weighted by Gasteiger charge is 2.24. The molecule has 11 nitrogen and oxygen atoms in total. The standard InChI is InChI=1S/C19H22N2O5.C2H2O4/c1-24-17-6-5-14(12-18(17)25-2)19(23)21-9-7-20(8-10-21)13-15(22)16-4-3-11-26-16;3-1(4)2(5)6/h3-6,11-12H,7-10,13H2,1-2H3;(H,3,4)(H,5,6). The number of aliphatic carboxylic acids is 2. The Hall–Kier alpha value is -3.86. The smallest absolute Gasteiger partial charge is 0.414 e. The maximum absolute atomic E-state index is 12.7. The Morgan fingerprint density at radius 1 is 0.938 bits per heavy atom. The minimum Gasteiger partial charge on any atom is -0.493 e. The molecular formula is C21H24N2O9. The van der Waals surface area contributed by atoms with Crippen molar-refractivity contribution in [2.45, 2.75) is 0 Å². The lowest BCUT2D eigenvalue weighted by Gasteiger charge is -2.34. The Morgan fingerprint density at radius 2 is 1.56 bits per heavy atom. The van der Waals surface area contributed by atoms with Crippen molar-refractivity contribution < 1.29 is 43.3 Å². The van der Waals surface area contributed by atoms with Gasteiger partial charge >= 0.3 is 11.9 Å². The van der Waals surface area contributed by atoms with Crippen molar-refractivity contribution in [3.63, 3.8) is 0 Å². The van der Waals surface area contributed by atoms with Crippen LogP contribution in [0.3, 0.4) is 0 Å². The number of amides is 1. The van der Waals surface area contributed by atoms with Gasteiger partial charge in [0, 0.05) is 31.7 Å². The maximum Gasteiger partial charge on any atom is 0.414 e. The molecule has 2 aromatic rings. The second-order valence-corrected chi connectivity index (χ2v) is 6.65. The molecule has 0 radical (unpaired) electrons. The molecule has 1 fully saturated rings. The molecule has 1 aliphatic rings. The minimum atomic E-state index is -1.82. The number of ether oxygens (including phenoxy) is 2. The number of methoxy groups -OCH3 is 2. The van der Waals surface area contributed by atoms with Gasteiger partial charge in [-0.05, 0) is 30.3 Å². The van der Waals surface area contributed by atoms with Crippen LogP contribution in [-0.2, 0) is 9.59 Å². The first-order valence-corrected chi connectivity index (χ1v) is 9.53. The molecule has 172 valence electrons. The molecule has 0 bridgehead atoms. The number of Topliss-reactive ketones (excluding diaryl/α,β-unsaturated/α-hetero) is 1. The van der Waals surface area contributed by atoms with Crippen LogP contribution in [0.2, 0.25) is 0 Å². The Kier molecular flexibility index (Phi) is 8.78. The van der Waals surface area contributed by atoms with Crippen molar-refractivity contribution in [1.82, 2.24) is 9.80 Å². The average molecular weight is 448 g/mol. The molecule has 1 aromatic heterocycles. The van der Waals surface area contributed by atoms with E-state index in [0.29, 0.717) is 55.5 Å². The summed E-state index contributed by atoms with van der Waals surface area (Å²) >= 11 is 0. The molecule has 0 spiro atoms. The van der Waals surface area contributed by atoms with Gasteiger partial charge < -0.3 is 29.0 Å². The van der Waals surface area contributed by atoms with E-state index in [1.165, 1.54) is 6.26 Å². The van der Waals surface area contributed by atoms with Crippen LogP contribution in [0.5, 0.6) is 11.5 Å². The van der Waals surface area contributed by atoms with Gasteiger partial charge in [0.1, 0.15) is 0 Å². The summed E-state index contributed by atoms with van der Waals surface area (Å²) in [6.45, 7) is 2.72. The number of carboxylic acid groups (broad SMARTS) is 2. The number of nitrogens with zero attached hydrogens (tertiary/aromatic N) is 2. The fraction of sp³-hybridized carbons (Fsp3) is 0.333. The Morgan fingerprint density at radius 3 is 2.06 bits per heavy atom. The van der Waals surface area contributed by atoms with Gasteiger partial charge in [-0.2, -0.15) is 0 Å². The van der Waals surface area contributed by atoms with Gasteiger partial charge in [-0.1, -0.05) is 0 Å². The zero-order chi connectivity index (χ0) is 23.7. The molecular weight excluding hydrogens is 424 g/mol. The molecule has 1 aliphatic heterocycles. The van der Waals surface area contributed by atoms with Crippen LogP contribution < -0.4 is 9.47 Å². The molecule has 2 heterocycles. The van der Waals surface area contributed by atoms with Crippen molar-refractivity contribution in [1.29, 1.82) is 0 Å². The molecule has 1 aromatic carbocycles. The summed E-state index contributed by atoms with van der Waals surface area (Å²) < 4.78 is 15.6. The zero-order valence-electron chi connectivity index (χ0n) is 17.6. The van der Waals surface area contributed by atoms with Gasteiger partial charge in [0.15, 0.2) is 17.3 Å². The lowest BCUT2D eigenvalue weighted by atomic mass is 10.1. The quantitative estimate of drug-likeness (QED) is 0.486. The third-order valence-electron chi connectivity index (χ3n) is 4.64. The molecule has 0 saturated carbocycles. The van der Waals surface area contributed by atoms with Gasteiger partial charge in [-0.3, -0.25) is 14.5 Å². The summed E-state index contributed by atoms with van der Waals surface area (Å²) in [4.78, 5) is 46.8. The fourth-order valence-electron chi connectivity index (χ4n) is 2.98. The zero-order valence-corrected chi connectivity index (χ0v) is 17.6. The molecule has 3 rings (SSSR count). The third kappa shape index (κ3) is 6.57. The summed E-state index contributed by atoms with van der Waals surface area (Å²) in [5, 5.41) is 14.8. The topological polar surface area (TPSA) is 147 Å². The predicted octanol–water partition coefficient (Wildman–Crippen LogP) is 1.09. The number of benzene rings is 1. The molecule has 2 N–H and O–H groups in total. The van der Waals surface area contributed by atoms with E-state index in [1.807, 2.05) is 4.90 Å². The first-order valence-electron chi connectivity index (χ1n) is 9.53. The van der Waals surface area contributed by atoms with Crippen LogP contribution in [0, 0.1) is 0 Å². The number of carboxylic acids is 2. The van der Waals surface area contributed by atoms with Gasteiger partial charge in [0.25, 0.3) is 5.91 Å². The molecule has 1 amide bonds. The van der Waals surface area contributed by atoms with Crippen LogP contribution in [0.15, 0.2) is 41.0 Å². The van der Waals surface area contributed by atoms with E-state index < -0.39 is 11.9 Å². The van der Waals surface area contributed by atoms with Crippen molar-refractivity contribution in [2.75, 3.05) is 46.9 Å². The number of rotatable bonds is 6. The van der Waals surface area contributed by atoms with E-state index in [9.17, 15) is 9.59 Å². The SMILES string of the molecule is COc1ccc(C(=O)N2CCN(CC(=O)c3ccco3)CC2)cc1OC.O=C(O)C(=O)O. The third-order valence-corrected chi connectivity index (χ3v) is 4.64. The van der Waals surface area contributed by atoms with Crippen LogP contribution >= 0.6 is 0 Å². The Balaban J connectivity index is 0.000000534. The van der Waals surface area contributed by atoms with Gasteiger partial charge in [0.2, 0.25) is 5.78 Å². The number of hydrogen-bond acceptors (Lipinski definition) is 8. The summed E-state index contributed by atoms with van der Waals surface area (Å²) in [5.41, 5.74) is 0.558. The predicted molar refractivity (Wildman–Crippen MR) is 110 cm³/mol. The minimum absolute atomic E-state index is 0.0466. The second-order valence-electron chi connectivity index (χ2n) is 6.65. The van der Waals surface area contributed by atoms with E-state index in [-0.39, 0.29) is 11.7 Å². The molecule has 1 saturated heterocycles. The molecule has 0 aliphatic carbocycles. The molecule has 0 unspecified atom stereocenters. The van der Waals surface area contributed by atoms with Gasteiger partial charge in [0.05, 0.1) is 27.0 Å². The summed E-state index contributed by atoms with van der Waals surface area (Å²) in [6.07, 6.45) is 1.49. The summed E-state index contributed by atoms with van der Waals surface area (Å²) in [7, 11) is 3.10. The van der Waals surface area contributed by atoms with Crippen LogP contribution in [0.25, 0.3) is 0 Å². The van der Waals surface area contributed by atoms with E-state index >= 15 is 0 Å². The van der Waals surface area contributed by atoms with Crippen molar-refractivity contribution in [3.8, 4) is 11.5 Å². The Bertz CT molecular complexity index is 936. The van der Waals surface area contributed by atoms with E-state index in [0.717, 1.165) is 0 Å². The summed E-state index contributed by atoms with van der Waals surface area (Å²) in [5.74, 6) is -2.26. The maximum atomic E-state index is 12.7. The Labute approximate surface area is 183 Å². The normalized spacial score (nSPS) is 13.5. The summed E-state index contributed by atoms with van der Waals surface area (Å²) in [6, 6.07) is 8.51. The van der Waals surface area contributed by atoms with Crippen LogP contribution in [-0.4, -0.2) is 90.6 Å². The molecule has 32 heavy (non-hydrogen) atoms. The second kappa shape index (κ2) is 11.5. The van der Waals surface area contributed by atoms with Gasteiger partial charge in [-0.25, -0.2) is 9.59 Å². The monoisotopic (exact) mass is 448 g/mol. The first-order chi connectivity index (χ1) is 15.3. The van der Waals surface area contributed by atoms with Crippen LogP contribution in [0.1, 0.15) is 20.9 Å². The average Bonchev–Trinajstić information content (AvgIpc) is 3.34.